The van der Waals surface area contributed by atoms with E-state index in [0.717, 1.165) is 58.2 Å². The summed E-state index contributed by atoms with van der Waals surface area (Å²) >= 11 is 1.44. The van der Waals surface area contributed by atoms with E-state index in [1.807, 2.05) is 66.9 Å². The zero-order valence-electron chi connectivity index (χ0n) is 22.7. The van der Waals surface area contributed by atoms with Gasteiger partial charge in [0.2, 0.25) is 0 Å². The summed E-state index contributed by atoms with van der Waals surface area (Å²) in [6, 6.07) is 26.2. The van der Waals surface area contributed by atoms with Crippen LogP contribution in [0.4, 0.5) is 0 Å². The lowest BCUT2D eigenvalue weighted by atomic mass is 9.99. The average molecular weight is 552 g/mol. The van der Waals surface area contributed by atoms with Crippen molar-refractivity contribution in [2.24, 2.45) is 5.92 Å². The van der Waals surface area contributed by atoms with Crippen LogP contribution in [-0.2, 0) is 22.4 Å². The van der Waals surface area contributed by atoms with Gasteiger partial charge in [0.05, 0.1) is 11.5 Å². The summed E-state index contributed by atoms with van der Waals surface area (Å²) in [5.74, 6) is 0.250. The number of rotatable bonds is 12. The second-order valence-corrected chi connectivity index (χ2v) is 11.0. The zero-order chi connectivity index (χ0) is 27.9. The van der Waals surface area contributed by atoms with Crippen molar-refractivity contribution in [3.05, 3.63) is 106 Å². The molecule has 0 aliphatic heterocycles. The Morgan fingerprint density at radius 3 is 1.98 bits per heavy atom. The highest BCUT2D eigenvalue weighted by atomic mass is 32.1. The third-order valence-corrected chi connectivity index (χ3v) is 8.07. The van der Waals surface area contributed by atoms with Crippen molar-refractivity contribution in [3.8, 4) is 22.3 Å². The molecule has 1 aliphatic rings. The number of thiophene rings is 1. The number of ketones is 1. The van der Waals surface area contributed by atoms with Crippen LogP contribution in [0.2, 0.25) is 0 Å². The number of ether oxygens (including phenoxy) is 1. The van der Waals surface area contributed by atoms with E-state index in [-0.39, 0.29) is 23.6 Å². The Bertz CT molecular complexity index is 1470. The van der Waals surface area contributed by atoms with E-state index >= 15 is 0 Å². The van der Waals surface area contributed by atoms with Gasteiger partial charge in [-0.25, -0.2) is 0 Å². The average Bonchev–Trinajstić information content (AvgIpc) is 3.72. The summed E-state index contributed by atoms with van der Waals surface area (Å²) in [6.07, 6.45) is 3.82. The van der Waals surface area contributed by atoms with Crippen LogP contribution in [0.25, 0.3) is 22.3 Å². The molecule has 5 nitrogen and oxygen atoms in total. The number of carbonyl (C=O) groups is 3. The molecular formula is C34H33NO4S. The molecule has 1 heterocycles. The van der Waals surface area contributed by atoms with Gasteiger partial charge in [0, 0.05) is 24.4 Å². The van der Waals surface area contributed by atoms with Crippen molar-refractivity contribution in [3.63, 3.8) is 0 Å². The fraction of sp³-hybridized carbons (Fsp3) is 0.265. The maximum Gasteiger partial charge on any atom is 0.306 e. The lowest BCUT2D eigenvalue weighted by Gasteiger charge is -2.06. The molecule has 1 fully saturated rings. The van der Waals surface area contributed by atoms with Crippen molar-refractivity contribution in [1.29, 1.82) is 0 Å². The summed E-state index contributed by atoms with van der Waals surface area (Å²) in [5, 5.41) is 5.03. The molecule has 0 atom stereocenters. The molecule has 0 saturated heterocycles. The minimum atomic E-state index is -0.174. The number of Topliss-reactive ketones (excluding diaryl/α,β-unsaturated/α-hetero) is 1. The molecule has 5 rings (SSSR count). The van der Waals surface area contributed by atoms with E-state index in [0.29, 0.717) is 30.9 Å². The first-order valence-electron chi connectivity index (χ1n) is 13.9. The molecule has 4 aromatic rings. The highest BCUT2D eigenvalue weighted by Crippen LogP contribution is 2.33. The molecule has 1 aromatic heterocycles. The van der Waals surface area contributed by atoms with Gasteiger partial charge in [0.15, 0.2) is 5.78 Å². The van der Waals surface area contributed by atoms with Crippen molar-refractivity contribution in [2.45, 2.75) is 39.0 Å². The summed E-state index contributed by atoms with van der Waals surface area (Å²) in [6.45, 7) is 2.77. The summed E-state index contributed by atoms with van der Waals surface area (Å²) in [4.78, 5) is 37.2. The van der Waals surface area contributed by atoms with Crippen LogP contribution in [-0.4, -0.2) is 30.8 Å². The Kier molecular flexibility index (Phi) is 8.87. The molecule has 204 valence electrons. The molecule has 1 aliphatic carbocycles. The van der Waals surface area contributed by atoms with E-state index < -0.39 is 0 Å². The minimum Gasteiger partial charge on any atom is -0.466 e. The second-order valence-electron chi connectivity index (χ2n) is 10.1. The molecule has 1 N–H and O–H groups in total. The third kappa shape index (κ3) is 7.13. The molecule has 0 radical (unpaired) electrons. The van der Waals surface area contributed by atoms with Gasteiger partial charge in [-0.15, -0.1) is 11.3 Å². The smallest absolute Gasteiger partial charge is 0.306 e. The number of hydrogen-bond donors (Lipinski definition) is 1. The van der Waals surface area contributed by atoms with Crippen molar-refractivity contribution < 1.29 is 19.1 Å². The molecule has 0 bridgehead atoms. The van der Waals surface area contributed by atoms with E-state index in [4.69, 9.17) is 4.74 Å². The van der Waals surface area contributed by atoms with Crippen LogP contribution in [0.3, 0.4) is 0 Å². The molecule has 40 heavy (non-hydrogen) atoms. The molecule has 6 heteroatoms. The van der Waals surface area contributed by atoms with E-state index in [1.54, 1.807) is 0 Å². The van der Waals surface area contributed by atoms with Gasteiger partial charge >= 0.3 is 5.97 Å². The SMILES string of the molecule is CCOC(=O)CCc1ccc(CCNC(=O)c2cc(-c3ccc(-c4ccc(C(=O)C5CC5)cc4)cc3)cs2)cc1. The van der Waals surface area contributed by atoms with Crippen molar-refractivity contribution >= 4 is 29.0 Å². The Balaban J connectivity index is 1.10. The third-order valence-electron chi connectivity index (χ3n) is 7.14. The monoisotopic (exact) mass is 551 g/mol. The van der Waals surface area contributed by atoms with E-state index in [9.17, 15) is 14.4 Å². The predicted octanol–water partition coefficient (Wildman–Crippen LogP) is 7.14. The quantitative estimate of drug-likeness (QED) is 0.150. The van der Waals surface area contributed by atoms with Crippen LogP contribution >= 0.6 is 11.3 Å². The number of benzene rings is 3. The lowest BCUT2D eigenvalue weighted by Crippen LogP contribution is -2.24. The van der Waals surface area contributed by atoms with E-state index in [2.05, 4.69) is 29.6 Å². The summed E-state index contributed by atoms with van der Waals surface area (Å²) in [5.41, 5.74) is 7.28. The van der Waals surface area contributed by atoms with Crippen LogP contribution in [0.15, 0.2) is 84.2 Å². The number of amides is 1. The Morgan fingerprint density at radius 2 is 1.38 bits per heavy atom. The van der Waals surface area contributed by atoms with Gasteiger partial charge < -0.3 is 10.1 Å². The minimum absolute atomic E-state index is 0.0697. The highest BCUT2D eigenvalue weighted by molar-refractivity contribution is 7.12. The molecule has 3 aromatic carbocycles. The van der Waals surface area contributed by atoms with Crippen molar-refractivity contribution in [1.82, 2.24) is 5.32 Å². The Labute approximate surface area is 239 Å². The lowest BCUT2D eigenvalue weighted by molar-refractivity contribution is -0.143. The van der Waals surface area contributed by atoms with Gasteiger partial charge in [0.1, 0.15) is 0 Å². The van der Waals surface area contributed by atoms with Crippen molar-refractivity contribution in [2.75, 3.05) is 13.2 Å². The van der Waals surface area contributed by atoms with E-state index in [1.165, 1.54) is 11.3 Å². The molecule has 0 spiro atoms. The molecular weight excluding hydrogens is 518 g/mol. The van der Waals surface area contributed by atoms with Crippen LogP contribution in [0, 0.1) is 5.92 Å². The number of hydrogen-bond acceptors (Lipinski definition) is 5. The standard InChI is InChI=1S/C34H33NO4S/c1-2-39-32(36)18-7-23-3-5-24(6-4-23)19-20-35-34(38)31-21-30(22-40-31)27-10-8-25(9-11-27)26-12-14-28(15-13-26)33(37)29-16-17-29/h3-6,8-15,21-22,29H,2,7,16-20H2,1H3,(H,35,38). The fourth-order valence-corrected chi connectivity index (χ4v) is 5.46. The second kappa shape index (κ2) is 12.9. The molecule has 1 amide bonds. The van der Waals surface area contributed by atoms with Gasteiger partial charge in [-0.1, -0.05) is 72.8 Å². The number of carbonyl (C=O) groups excluding carboxylic acids is 3. The van der Waals surface area contributed by atoms with Gasteiger partial charge in [-0.05, 0) is 77.4 Å². The topological polar surface area (TPSA) is 72.5 Å². The maximum atomic E-state index is 12.7. The zero-order valence-corrected chi connectivity index (χ0v) is 23.5. The maximum absolute atomic E-state index is 12.7. The van der Waals surface area contributed by atoms with Crippen LogP contribution in [0.5, 0.6) is 0 Å². The van der Waals surface area contributed by atoms with Gasteiger partial charge in [0.25, 0.3) is 5.91 Å². The normalized spacial score (nSPS) is 12.6. The Morgan fingerprint density at radius 1 is 0.800 bits per heavy atom. The first-order chi connectivity index (χ1) is 19.5. The Hall–Kier alpha value is -4.03. The number of aryl methyl sites for hydroxylation is 1. The van der Waals surface area contributed by atoms with Crippen LogP contribution in [0.1, 0.15) is 57.3 Å². The number of nitrogens with one attached hydrogen (secondary N) is 1. The van der Waals surface area contributed by atoms with Crippen LogP contribution < -0.4 is 5.32 Å². The van der Waals surface area contributed by atoms with Gasteiger partial charge in [-0.2, -0.15) is 0 Å². The molecule has 0 unspecified atom stereocenters. The first-order valence-corrected chi connectivity index (χ1v) is 14.7. The predicted molar refractivity (Wildman–Crippen MR) is 160 cm³/mol. The van der Waals surface area contributed by atoms with Gasteiger partial charge in [-0.3, -0.25) is 14.4 Å². The summed E-state index contributed by atoms with van der Waals surface area (Å²) in [7, 11) is 0. The first kappa shape index (κ1) is 27.5. The summed E-state index contributed by atoms with van der Waals surface area (Å²) < 4.78 is 4.98. The highest BCUT2D eigenvalue weighted by Gasteiger charge is 2.30. The number of esters is 1. The fourth-order valence-electron chi connectivity index (χ4n) is 4.63. The molecule has 1 saturated carbocycles. The largest absolute Gasteiger partial charge is 0.466 e.